The van der Waals surface area contributed by atoms with E-state index in [0.29, 0.717) is 5.41 Å². The lowest BCUT2D eigenvalue weighted by Crippen LogP contribution is -2.26. The quantitative estimate of drug-likeness (QED) is 0.798. The first-order chi connectivity index (χ1) is 6.99. The van der Waals surface area contributed by atoms with Gasteiger partial charge in [0.05, 0.1) is 0 Å². The molecule has 1 N–H and O–H groups in total. The first kappa shape index (κ1) is 11.4. The van der Waals surface area contributed by atoms with Crippen LogP contribution in [0.5, 0.6) is 0 Å². The monoisotopic (exact) mass is 239 g/mol. The molecule has 0 bridgehead atoms. The molecule has 0 saturated heterocycles. The van der Waals surface area contributed by atoms with Gasteiger partial charge in [-0.15, -0.1) is 18.5 Å². The van der Waals surface area contributed by atoms with Crippen LogP contribution in [0.1, 0.15) is 25.3 Å². The summed E-state index contributed by atoms with van der Waals surface area (Å²) in [5.74, 6) is 0. The minimum atomic E-state index is 0.216. The fraction of sp³-hybridized carbons (Fsp3) is 0.500. The summed E-state index contributed by atoms with van der Waals surface area (Å²) in [6, 6.07) is 8.84. The standard InChI is InChI=1S/C12H19NP2/c1-11(14,15)12(7-8-12)9-3-5-10(13-2)6-4-9/h3-6,13H,7-8,14-15H2,1-2H3. The minimum Gasteiger partial charge on any atom is -0.388 e. The van der Waals surface area contributed by atoms with Gasteiger partial charge in [0.1, 0.15) is 0 Å². The topological polar surface area (TPSA) is 12.0 Å². The third-order valence-corrected chi connectivity index (χ3v) is 4.61. The molecule has 0 aliphatic heterocycles. The number of benzene rings is 1. The van der Waals surface area contributed by atoms with Gasteiger partial charge >= 0.3 is 0 Å². The highest BCUT2D eigenvalue weighted by Gasteiger charge is 2.53. The lowest BCUT2D eigenvalue weighted by atomic mass is 9.92. The molecule has 15 heavy (non-hydrogen) atoms. The lowest BCUT2D eigenvalue weighted by molar-refractivity contribution is 0.640. The zero-order valence-corrected chi connectivity index (χ0v) is 11.7. The van der Waals surface area contributed by atoms with Gasteiger partial charge in [0.2, 0.25) is 0 Å². The van der Waals surface area contributed by atoms with Crippen LogP contribution in [0.15, 0.2) is 24.3 Å². The van der Waals surface area contributed by atoms with Gasteiger partial charge in [-0.2, -0.15) is 0 Å². The van der Waals surface area contributed by atoms with Crippen LogP contribution in [0.4, 0.5) is 5.69 Å². The maximum absolute atomic E-state index is 3.15. The average molecular weight is 239 g/mol. The molecule has 3 heteroatoms. The Balaban J connectivity index is 2.30. The van der Waals surface area contributed by atoms with Gasteiger partial charge in [-0.3, -0.25) is 0 Å². The zero-order valence-electron chi connectivity index (χ0n) is 9.38. The summed E-state index contributed by atoms with van der Waals surface area (Å²) in [5, 5.41) is 3.15. The van der Waals surface area contributed by atoms with Crippen molar-refractivity contribution in [3.05, 3.63) is 29.8 Å². The highest BCUT2D eigenvalue weighted by atomic mass is 31.1. The van der Waals surface area contributed by atoms with Gasteiger partial charge in [-0.05, 0) is 30.5 Å². The molecule has 1 aliphatic rings. The third kappa shape index (κ3) is 1.93. The molecule has 2 unspecified atom stereocenters. The molecule has 1 aromatic carbocycles. The van der Waals surface area contributed by atoms with Crippen LogP contribution < -0.4 is 5.32 Å². The van der Waals surface area contributed by atoms with Crippen molar-refractivity contribution in [2.45, 2.75) is 30.1 Å². The second kappa shape index (κ2) is 3.72. The van der Waals surface area contributed by atoms with Crippen molar-refractivity contribution in [2.24, 2.45) is 0 Å². The van der Waals surface area contributed by atoms with Gasteiger partial charge in [0, 0.05) is 23.0 Å². The van der Waals surface area contributed by atoms with Crippen molar-refractivity contribution in [1.82, 2.24) is 0 Å². The van der Waals surface area contributed by atoms with Gasteiger partial charge < -0.3 is 5.32 Å². The summed E-state index contributed by atoms with van der Waals surface area (Å²) in [6.07, 6.45) is 2.60. The molecule has 1 aromatic rings. The van der Waals surface area contributed by atoms with Crippen LogP contribution in [0.25, 0.3) is 0 Å². The Labute approximate surface area is 96.8 Å². The van der Waals surface area contributed by atoms with Gasteiger partial charge in [-0.25, -0.2) is 0 Å². The summed E-state index contributed by atoms with van der Waals surface area (Å²) in [5.41, 5.74) is 3.02. The number of hydrogen-bond acceptors (Lipinski definition) is 1. The van der Waals surface area contributed by atoms with E-state index in [0.717, 1.165) is 0 Å². The molecule has 0 spiro atoms. The molecule has 2 atom stereocenters. The van der Waals surface area contributed by atoms with Crippen LogP contribution in [0, 0.1) is 0 Å². The van der Waals surface area contributed by atoms with E-state index in [9.17, 15) is 0 Å². The second-order valence-corrected chi connectivity index (χ2v) is 7.76. The number of anilines is 1. The predicted molar refractivity (Wildman–Crippen MR) is 74.7 cm³/mol. The van der Waals surface area contributed by atoms with E-state index in [4.69, 9.17) is 0 Å². The number of hydrogen-bond donors (Lipinski definition) is 1. The normalized spacial score (nSPS) is 18.7. The summed E-state index contributed by atoms with van der Waals surface area (Å²) in [4.78, 5) is 0.216. The Hall–Kier alpha value is -0.120. The van der Waals surface area contributed by atoms with Gasteiger partial charge in [0.25, 0.3) is 0 Å². The first-order valence-corrected chi connectivity index (χ1v) is 6.51. The predicted octanol–water partition coefficient (Wildman–Crippen LogP) is 3.23. The minimum absolute atomic E-state index is 0.216. The van der Waals surface area contributed by atoms with Crippen LogP contribution in [-0.4, -0.2) is 11.9 Å². The maximum Gasteiger partial charge on any atom is 0.0337 e. The van der Waals surface area contributed by atoms with E-state index >= 15 is 0 Å². The van der Waals surface area contributed by atoms with Crippen molar-refractivity contribution < 1.29 is 0 Å². The Morgan fingerprint density at radius 1 is 1.20 bits per heavy atom. The smallest absolute Gasteiger partial charge is 0.0337 e. The fourth-order valence-corrected chi connectivity index (χ4v) is 3.13. The van der Waals surface area contributed by atoms with E-state index in [2.05, 4.69) is 55.0 Å². The fourth-order valence-electron chi connectivity index (χ4n) is 2.22. The van der Waals surface area contributed by atoms with Crippen LogP contribution in [0.2, 0.25) is 0 Å². The van der Waals surface area contributed by atoms with Crippen LogP contribution >= 0.6 is 18.5 Å². The Bertz CT molecular complexity index is 347. The van der Waals surface area contributed by atoms with Crippen molar-refractivity contribution in [3.8, 4) is 0 Å². The average Bonchev–Trinajstić information content (AvgIpc) is 2.98. The molecule has 1 nitrogen and oxygen atoms in total. The van der Waals surface area contributed by atoms with E-state index in [1.165, 1.54) is 24.1 Å². The van der Waals surface area contributed by atoms with Gasteiger partial charge in [0.15, 0.2) is 0 Å². The molecule has 0 aromatic heterocycles. The van der Waals surface area contributed by atoms with E-state index in [1.54, 1.807) is 0 Å². The Morgan fingerprint density at radius 3 is 2.07 bits per heavy atom. The highest BCUT2D eigenvalue weighted by molar-refractivity contribution is 7.40. The van der Waals surface area contributed by atoms with Crippen molar-refractivity contribution in [2.75, 3.05) is 12.4 Å². The second-order valence-electron chi connectivity index (χ2n) is 4.69. The molecule has 0 radical (unpaired) electrons. The lowest BCUT2D eigenvalue weighted by Gasteiger charge is -2.31. The molecule has 1 aliphatic carbocycles. The van der Waals surface area contributed by atoms with Crippen molar-refractivity contribution in [3.63, 3.8) is 0 Å². The molecule has 2 rings (SSSR count). The zero-order chi connectivity index (χ0) is 11.1. The summed E-state index contributed by atoms with van der Waals surface area (Å²) in [6.45, 7) is 2.28. The Kier molecular flexibility index (Phi) is 2.82. The highest BCUT2D eigenvalue weighted by Crippen LogP contribution is 2.61. The SMILES string of the molecule is CNc1ccc(C2(C(C)(P)P)CC2)cc1. The summed E-state index contributed by atoms with van der Waals surface area (Å²) in [7, 11) is 7.89. The summed E-state index contributed by atoms with van der Waals surface area (Å²) < 4.78 is 0. The molecule has 0 amide bonds. The molecule has 0 heterocycles. The van der Waals surface area contributed by atoms with Crippen LogP contribution in [-0.2, 0) is 5.41 Å². The van der Waals surface area contributed by atoms with Crippen LogP contribution in [0.3, 0.4) is 0 Å². The number of nitrogens with one attached hydrogen (secondary N) is 1. The summed E-state index contributed by atoms with van der Waals surface area (Å²) >= 11 is 0. The molecule has 1 fully saturated rings. The maximum atomic E-state index is 3.15. The molecular formula is C12H19NP2. The van der Waals surface area contributed by atoms with E-state index in [-0.39, 0.29) is 4.90 Å². The van der Waals surface area contributed by atoms with E-state index in [1.807, 2.05) is 7.05 Å². The Morgan fingerprint density at radius 2 is 1.73 bits per heavy atom. The molecule has 1 saturated carbocycles. The van der Waals surface area contributed by atoms with Crippen molar-refractivity contribution in [1.29, 1.82) is 0 Å². The van der Waals surface area contributed by atoms with Crippen molar-refractivity contribution >= 4 is 24.2 Å². The first-order valence-electron chi connectivity index (χ1n) is 5.36. The molecular weight excluding hydrogens is 220 g/mol. The largest absolute Gasteiger partial charge is 0.388 e. The van der Waals surface area contributed by atoms with E-state index < -0.39 is 0 Å². The number of rotatable bonds is 3. The van der Waals surface area contributed by atoms with Gasteiger partial charge in [-0.1, -0.05) is 19.1 Å². The third-order valence-electron chi connectivity index (χ3n) is 3.51. The molecule has 82 valence electrons.